The average Bonchev–Trinajstić information content (AvgIpc) is 3.05. The Morgan fingerprint density at radius 1 is 1.12 bits per heavy atom. The van der Waals surface area contributed by atoms with E-state index in [1.165, 1.54) is 16.8 Å². The van der Waals surface area contributed by atoms with Crippen LogP contribution < -0.4 is 0 Å². The van der Waals surface area contributed by atoms with Crippen molar-refractivity contribution in [3.63, 3.8) is 0 Å². The van der Waals surface area contributed by atoms with Gasteiger partial charge >= 0.3 is 0 Å². The van der Waals surface area contributed by atoms with E-state index in [0.29, 0.717) is 5.17 Å². The maximum absolute atomic E-state index is 12.4. The highest BCUT2D eigenvalue weighted by molar-refractivity contribution is 9.10. The first kappa shape index (κ1) is 16.9. The maximum atomic E-state index is 12.4. The van der Waals surface area contributed by atoms with Crippen molar-refractivity contribution in [1.29, 1.82) is 5.41 Å². The molecule has 0 fully saturated rings. The molecular weight excluding hydrogens is 412 g/mol. The lowest BCUT2D eigenvalue weighted by atomic mass is 10.1. The molecule has 2 heterocycles. The molecule has 1 amide bonds. The molecule has 2 aromatic carbocycles. The van der Waals surface area contributed by atoms with Crippen LogP contribution in [-0.4, -0.2) is 27.0 Å². The first-order valence-corrected chi connectivity index (χ1v) is 9.45. The SMILES string of the molecule is Cc1ccc(C2=NN3C(=N)C(=Cc4ccc(Br)cc4)C(=O)N=C3S2)cc1. The largest absolute Gasteiger partial charge is 0.283 e. The summed E-state index contributed by atoms with van der Waals surface area (Å²) in [6, 6.07) is 15.5. The van der Waals surface area contributed by atoms with E-state index in [9.17, 15) is 4.79 Å². The molecule has 0 saturated carbocycles. The van der Waals surface area contributed by atoms with Crippen molar-refractivity contribution in [2.45, 2.75) is 6.92 Å². The Labute approximate surface area is 163 Å². The fraction of sp³-hybridized carbons (Fsp3) is 0.0526. The summed E-state index contributed by atoms with van der Waals surface area (Å²) in [7, 11) is 0. The van der Waals surface area contributed by atoms with E-state index in [2.05, 4.69) is 26.0 Å². The molecule has 0 aromatic heterocycles. The fourth-order valence-electron chi connectivity index (χ4n) is 2.53. The van der Waals surface area contributed by atoms with E-state index in [-0.39, 0.29) is 11.4 Å². The predicted molar refractivity (Wildman–Crippen MR) is 109 cm³/mol. The van der Waals surface area contributed by atoms with Gasteiger partial charge in [-0.05, 0) is 42.5 Å². The molecule has 0 saturated heterocycles. The highest BCUT2D eigenvalue weighted by atomic mass is 79.9. The molecule has 0 unspecified atom stereocenters. The number of amidine groups is 2. The van der Waals surface area contributed by atoms with Crippen LogP contribution in [0, 0.1) is 12.3 Å². The number of thioether (sulfide) groups is 1. The number of halogens is 1. The Bertz CT molecular complexity index is 1010. The molecule has 26 heavy (non-hydrogen) atoms. The Hall–Kier alpha value is -2.51. The number of hydrogen-bond donors (Lipinski definition) is 1. The molecule has 2 aliphatic rings. The standard InChI is InChI=1S/C19H13BrN4OS/c1-11-2-6-13(7-3-11)18-23-24-16(21)15(17(25)22-19(24)26-18)10-12-4-8-14(20)9-5-12/h2-10,21H,1H3. The molecular formula is C19H13BrN4OS. The lowest BCUT2D eigenvalue weighted by Crippen LogP contribution is -2.35. The summed E-state index contributed by atoms with van der Waals surface area (Å²) in [6.07, 6.45) is 1.67. The number of benzene rings is 2. The fourth-order valence-corrected chi connectivity index (χ4v) is 3.69. The van der Waals surface area contributed by atoms with Crippen molar-refractivity contribution in [2.75, 3.05) is 0 Å². The Morgan fingerprint density at radius 2 is 1.81 bits per heavy atom. The van der Waals surface area contributed by atoms with Gasteiger partial charge in [-0.1, -0.05) is 57.9 Å². The summed E-state index contributed by atoms with van der Waals surface area (Å²) >= 11 is 4.69. The summed E-state index contributed by atoms with van der Waals surface area (Å²) in [6.45, 7) is 2.02. The molecule has 0 spiro atoms. The number of rotatable bonds is 2. The highest BCUT2D eigenvalue weighted by Crippen LogP contribution is 2.31. The van der Waals surface area contributed by atoms with E-state index in [4.69, 9.17) is 5.41 Å². The molecule has 1 N–H and O–H groups in total. The van der Waals surface area contributed by atoms with Crippen LogP contribution in [0.1, 0.15) is 16.7 Å². The molecule has 0 radical (unpaired) electrons. The number of nitrogens with one attached hydrogen (secondary N) is 1. The van der Waals surface area contributed by atoms with Crippen LogP contribution in [0.4, 0.5) is 0 Å². The van der Waals surface area contributed by atoms with Gasteiger partial charge in [0.2, 0.25) is 5.17 Å². The minimum atomic E-state index is -0.419. The molecule has 2 aliphatic heterocycles. The first-order valence-electron chi connectivity index (χ1n) is 7.84. The van der Waals surface area contributed by atoms with Gasteiger partial charge in [-0.2, -0.15) is 15.1 Å². The quantitative estimate of drug-likeness (QED) is 0.725. The van der Waals surface area contributed by atoms with Gasteiger partial charge in [-0.15, -0.1) is 0 Å². The number of hydrazone groups is 1. The van der Waals surface area contributed by atoms with Crippen LogP contribution >= 0.6 is 27.7 Å². The van der Waals surface area contributed by atoms with Crippen molar-refractivity contribution in [3.8, 4) is 0 Å². The molecule has 128 valence electrons. The number of carbonyl (C=O) groups excluding carboxylic acids is 1. The number of amides is 1. The predicted octanol–water partition coefficient (Wildman–Crippen LogP) is 4.42. The van der Waals surface area contributed by atoms with E-state index >= 15 is 0 Å². The average molecular weight is 425 g/mol. The zero-order chi connectivity index (χ0) is 18.3. The Kier molecular flexibility index (Phi) is 4.34. The summed E-state index contributed by atoms with van der Waals surface area (Å²) in [5.41, 5.74) is 3.16. The van der Waals surface area contributed by atoms with Crippen molar-refractivity contribution in [2.24, 2.45) is 10.1 Å². The molecule has 4 rings (SSSR count). The number of hydrogen-bond acceptors (Lipinski definition) is 4. The second-order valence-corrected chi connectivity index (χ2v) is 7.71. The van der Waals surface area contributed by atoms with E-state index in [0.717, 1.165) is 26.2 Å². The second kappa shape index (κ2) is 6.66. The van der Waals surface area contributed by atoms with Crippen LogP contribution in [0.5, 0.6) is 0 Å². The number of carbonyl (C=O) groups is 1. The third-order valence-electron chi connectivity index (χ3n) is 3.93. The third-order valence-corrected chi connectivity index (χ3v) is 5.42. The van der Waals surface area contributed by atoms with Gasteiger partial charge in [-0.3, -0.25) is 10.2 Å². The highest BCUT2D eigenvalue weighted by Gasteiger charge is 2.35. The van der Waals surface area contributed by atoms with Crippen molar-refractivity contribution >= 4 is 55.7 Å². The summed E-state index contributed by atoms with van der Waals surface area (Å²) in [5, 5.41) is 15.5. The van der Waals surface area contributed by atoms with Crippen molar-refractivity contribution in [3.05, 3.63) is 75.3 Å². The summed E-state index contributed by atoms with van der Waals surface area (Å²) in [5.74, 6) is -0.380. The van der Waals surface area contributed by atoms with Crippen LogP contribution in [0.15, 0.2) is 68.7 Å². The van der Waals surface area contributed by atoms with Gasteiger partial charge in [0.25, 0.3) is 5.91 Å². The number of aliphatic imine (C=N–C) groups is 1. The smallest absolute Gasteiger partial charge is 0.282 e. The zero-order valence-electron chi connectivity index (χ0n) is 13.7. The normalized spacial score (nSPS) is 18.1. The lowest BCUT2D eigenvalue weighted by Gasteiger charge is -2.20. The number of aryl methyl sites for hydroxylation is 1. The van der Waals surface area contributed by atoms with Gasteiger partial charge in [0.05, 0.1) is 5.57 Å². The molecule has 0 atom stereocenters. The summed E-state index contributed by atoms with van der Waals surface area (Å²) in [4.78, 5) is 16.5. The Balaban J connectivity index is 1.68. The van der Waals surface area contributed by atoms with Crippen LogP contribution in [0.3, 0.4) is 0 Å². The van der Waals surface area contributed by atoms with Gasteiger partial charge in [0.1, 0.15) is 5.04 Å². The van der Waals surface area contributed by atoms with Crippen LogP contribution in [0.2, 0.25) is 0 Å². The number of nitrogens with zero attached hydrogens (tertiary/aromatic N) is 3. The topological polar surface area (TPSA) is 68.9 Å². The number of fused-ring (bicyclic) bond motifs is 1. The van der Waals surface area contributed by atoms with Gasteiger partial charge in [0.15, 0.2) is 5.84 Å². The molecule has 0 aliphatic carbocycles. The third kappa shape index (κ3) is 3.15. The Morgan fingerprint density at radius 3 is 2.50 bits per heavy atom. The summed E-state index contributed by atoms with van der Waals surface area (Å²) < 4.78 is 0.952. The van der Waals surface area contributed by atoms with Gasteiger partial charge < -0.3 is 0 Å². The maximum Gasteiger partial charge on any atom is 0.283 e. The van der Waals surface area contributed by atoms with Gasteiger partial charge in [0, 0.05) is 10.0 Å². The second-order valence-electron chi connectivity index (χ2n) is 5.84. The minimum Gasteiger partial charge on any atom is -0.282 e. The van der Waals surface area contributed by atoms with Crippen LogP contribution in [0.25, 0.3) is 6.08 Å². The molecule has 0 bridgehead atoms. The minimum absolute atomic E-state index is 0.0394. The lowest BCUT2D eigenvalue weighted by molar-refractivity contribution is -0.114. The zero-order valence-corrected chi connectivity index (χ0v) is 16.1. The molecule has 5 nitrogen and oxygen atoms in total. The monoisotopic (exact) mass is 424 g/mol. The van der Waals surface area contributed by atoms with E-state index in [1.807, 2.05) is 55.5 Å². The van der Waals surface area contributed by atoms with Crippen molar-refractivity contribution in [1.82, 2.24) is 5.01 Å². The van der Waals surface area contributed by atoms with E-state index < -0.39 is 5.91 Å². The first-order chi connectivity index (χ1) is 12.5. The van der Waals surface area contributed by atoms with Gasteiger partial charge in [-0.25, -0.2) is 0 Å². The van der Waals surface area contributed by atoms with Crippen molar-refractivity contribution < 1.29 is 4.79 Å². The molecule has 2 aromatic rings. The van der Waals surface area contributed by atoms with E-state index in [1.54, 1.807) is 6.08 Å². The van der Waals surface area contributed by atoms with Crippen LogP contribution in [-0.2, 0) is 4.79 Å². The molecule has 7 heteroatoms.